The second-order valence-electron chi connectivity index (χ2n) is 7.37. The number of halogens is 3. The van der Waals surface area contributed by atoms with Crippen LogP contribution in [0.2, 0.25) is 0 Å². The number of H-pyrrole nitrogens is 1. The summed E-state index contributed by atoms with van der Waals surface area (Å²) in [7, 11) is 0. The average molecular weight is 466 g/mol. The molecule has 172 valence electrons. The molecule has 0 bridgehead atoms. The van der Waals surface area contributed by atoms with Crippen LogP contribution in [0, 0.1) is 0 Å². The Balaban J connectivity index is 1.40. The normalized spacial score (nSPS) is 11.7. The first-order chi connectivity index (χ1) is 16.4. The number of nitrogens with zero attached hydrogens (tertiary/aromatic N) is 4. The van der Waals surface area contributed by atoms with Gasteiger partial charge in [-0.3, -0.25) is 14.5 Å². The van der Waals surface area contributed by atoms with Gasteiger partial charge in [-0.25, -0.2) is 4.98 Å². The summed E-state index contributed by atoms with van der Waals surface area (Å²) in [6.45, 7) is 0.303. The van der Waals surface area contributed by atoms with Gasteiger partial charge in [0.1, 0.15) is 12.4 Å². The molecule has 34 heavy (non-hydrogen) atoms. The second kappa shape index (κ2) is 8.50. The zero-order valence-corrected chi connectivity index (χ0v) is 17.5. The van der Waals surface area contributed by atoms with Crippen molar-refractivity contribution in [3.63, 3.8) is 0 Å². The Labute approximate surface area is 190 Å². The summed E-state index contributed by atoms with van der Waals surface area (Å²) in [6.07, 6.45) is -1.39. The van der Waals surface area contributed by atoms with Crippen molar-refractivity contribution in [2.75, 3.05) is 18.5 Å². The summed E-state index contributed by atoms with van der Waals surface area (Å²) < 4.78 is 45.5. The van der Waals surface area contributed by atoms with Crippen molar-refractivity contribution >= 4 is 27.9 Å². The second-order valence-corrected chi connectivity index (χ2v) is 7.37. The van der Waals surface area contributed by atoms with E-state index in [2.05, 4.69) is 25.5 Å². The van der Waals surface area contributed by atoms with Gasteiger partial charge in [-0.05, 0) is 30.3 Å². The number of para-hydroxylation sites is 1. The van der Waals surface area contributed by atoms with Crippen LogP contribution >= 0.6 is 0 Å². The minimum atomic E-state index is -4.44. The summed E-state index contributed by atoms with van der Waals surface area (Å²) in [4.78, 5) is 22.0. The maximum Gasteiger partial charge on any atom is 0.416 e. The number of alkyl halides is 3. The Hall–Kier alpha value is -4.41. The fraction of sp³-hybridized carbons (Fsp3) is 0.130. The van der Waals surface area contributed by atoms with Crippen LogP contribution in [0.15, 0.2) is 71.8 Å². The van der Waals surface area contributed by atoms with Crippen LogP contribution in [0.5, 0.6) is 5.75 Å². The molecule has 8 nitrogen and oxygen atoms in total. The first kappa shape index (κ1) is 21.4. The van der Waals surface area contributed by atoms with E-state index in [-0.39, 0.29) is 30.4 Å². The highest BCUT2D eigenvalue weighted by Crippen LogP contribution is 2.31. The number of benzene rings is 2. The Bertz CT molecular complexity index is 1530. The summed E-state index contributed by atoms with van der Waals surface area (Å²) in [5, 5.41) is 10.8. The molecule has 0 amide bonds. The highest BCUT2D eigenvalue weighted by Gasteiger charge is 2.30. The minimum absolute atomic E-state index is 0.0772. The van der Waals surface area contributed by atoms with Crippen LogP contribution in [0.3, 0.4) is 0 Å². The van der Waals surface area contributed by atoms with Crippen molar-refractivity contribution in [2.45, 2.75) is 6.18 Å². The topological polar surface area (TPSA) is 97.7 Å². The van der Waals surface area contributed by atoms with Crippen LogP contribution in [-0.4, -0.2) is 37.9 Å². The third kappa shape index (κ3) is 4.03. The van der Waals surface area contributed by atoms with Gasteiger partial charge in [-0.15, -0.1) is 0 Å². The van der Waals surface area contributed by atoms with Crippen molar-refractivity contribution in [1.82, 2.24) is 24.7 Å². The highest BCUT2D eigenvalue weighted by molar-refractivity contribution is 6.02. The van der Waals surface area contributed by atoms with Crippen molar-refractivity contribution in [3.8, 4) is 11.4 Å². The molecule has 0 unspecified atom stereocenters. The van der Waals surface area contributed by atoms with Crippen molar-refractivity contribution in [3.05, 3.63) is 82.9 Å². The maximum atomic E-state index is 13.2. The van der Waals surface area contributed by atoms with E-state index in [4.69, 9.17) is 4.74 Å². The molecular weight excluding hydrogens is 449 g/mol. The molecule has 0 aliphatic heterocycles. The number of hydrogen-bond donors (Lipinski definition) is 2. The van der Waals surface area contributed by atoms with Gasteiger partial charge in [0.15, 0.2) is 5.65 Å². The molecule has 2 N–H and O–H groups in total. The van der Waals surface area contributed by atoms with E-state index in [1.54, 1.807) is 18.3 Å². The monoisotopic (exact) mass is 466 g/mol. The first-order valence-corrected chi connectivity index (χ1v) is 10.3. The number of fused-ring (bicyclic) bond motifs is 3. The summed E-state index contributed by atoms with van der Waals surface area (Å²) in [5.74, 6) is 0.346. The van der Waals surface area contributed by atoms with Crippen LogP contribution in [0.4, 0.5) is 19.1 Å². The van der Waals surface area contributed by atoms with Crippen LogP contribution in [0.25, 0.3) is 27.6 Å². The van der Waals surface area contributed by atoms with Crippen molar-refractivity contribution in [2.24, 2.45) is 0 Å². The van der Waals surface area contributed by atoms with Gasteiger partial charge in [0, 0.05) is 6.20 Å². The van der Waals surface area contributed by atoms with E-state index in [0.29, 0.717) is 27.6 Å². The Kier molecular flexibility index (Phi) is 5.36. The smallest absolute Gasteiger partial charge is 0.416 e. The number of aromatic amines is 1. The summed E-state index contributed by atoms with van der Waals surface area (Å²) in [6, 6.07) is 13.7. The number of rotatable bonds is 6. The van der Waals surface area contributed by atoms with Crippen LogP contribution in [0.1, 0.15) is 5.56 Å². The Morgan fingerprint density at radius 2 is 1.85 bits per heavy atom. The predicted molar refractivity (Wildman–Crippen MR) is 120 cm³/mol. The largest absolute Gasteiger partial charge is 0.492 e. The highest BCUT2D eigenvalue weighted by atomic mass is 19.4. The number of nitrogens with one attached hydrogen (secondary N) is 2. The fourth-order valence-corrected chi connectivity index (χ4v) is 3.59. The van der Waals surface area contributed by atoms with Gasteiger partial charge < -0.3 is 10.1 Å². The summed E-state index contributed by atoms with van der Waals surface area (Å²) >= 11 is 0. The lowest BCUT2D eigenvalue weighted by atomic mass is 10.2. The van der Waals surface area contributed by atoms with E-state index in [9.17, 15) is 18.0 Å². The molecule has 2 aromatic carbocycles. The maximum absolute atomic E-state index is 13.2. The molecule has 3 heterocycles. The molecule has 11 heteroatoms. The molecular formula is C23H17F3N6O2. The minimum Gasteiger partial charge on any atom is -0.492 e. The van der Waals surface area contributed by atoms with Gasteiger partial charge in [0.05, 0.1) is 40.3 Å². The zero-order chi connectivity index (χ0) is 23.7. The molecule has 0 aliphatic carbocycles. The lowest BCUT2D eigenvalue weighted by Gasteiger charge is -2.13. The lowest BCUT2D eigenvalue weighted by molar-refractivity contribution is -0.137. The molecule has 5 aromatic rings. The van der Waals surface area contributed by atoms with Gasteiger partial charge >= 0.3 is 6.18 Å². The van der Waals surface area contributed by atoms with E-state index in [1.165, 1.54) is 22.9 Å². The van der Waals surface area contributed by atoms with Gasteiger partial charge in [-0.2, -0.15) is 23.3 Å². The van der Waals surface area contributed by atoms with Crippen molar-refractivity contribution < 1.29 is 17.9 Å². The number of hydrogen-bond acceptors (Lipinski definition) is 6. The number of aromatic nitrogens is 5. The predicted octanol–water partition coefficient (Wildman–Crippen LogP) is 4.17. The molecule has 0 aliphatic rings. The fourth-order valence-electron chi connectivity index (χ4n) is 3.59. The number of pyridine rings is 1. The zero-order valence-electron chi connectivity index (χ0n) is 17.5. The van der Waals surface area contributed by atoms with Crippen molar-refractivity contribution in [1.29, 1.82) is 0 Å². The molecule has 0 saturated carbocycles. The SMILES string of the molecule is O=c1c2cn[nH]c2c2cnc(NCCOc3cccc(C(F)(F)F)c3)nc2n1-c1ccccc1. The van der Waals surface area contributed by atoms with E-state index < -0.39 is 11.7 Å². The van der Waals surface area contributed by atoms with Gasteiger partial charge in [0.2, 0.25) is 5.95 Å². The lowest BCUT2D eigenvalue weighted by Crippen LogP contribution is -2.20. The Morgan fingerprint density at radius 3 is 2.65 bits per heavy atom. The van der Waals surface area contributed by atoms with Crippen LogP contribution < -0.4 is 15.6 Å². The number of anilines is 1. The third-order valence-electron chi connectivity index (χ3n) is 5.15. The molecule has 0 atom stereocenters. The van der Waals surface area contributed by atoms with Crippen LogP contribution in [-0.2, 0) is 6.18 Å². The number of ether oxygens (including phenoxy) is 1. The third-order valence-corrected chi connectivity index (χ3v) is 5.15. The van der Waals surface area contributed by atoms with Gasteiger partial charge in [0.25, 0.3) is 5.56 Å². The standard InChI is InChI=1S/C23H17F3N6O2/c24-23(25,26)14-5-4-8-16(11-14)34-10-9-27-22-28-12-17-19-18(13-29-31-19)21(33)32(20(17)30-22)15-6-2-1-3-7-15/h1-8,11-13H,9-10H2,(H,29,31)(H,27,28,30). The first-order valence-electron chi connectivity index (χ1n) is 10.3. The van der Waals surface area contributed by atoms with E-state index in [1.807, 2.05) is 18.2 Å². The Morgan fingerprint density at radius 1 is 1.03 bits per heavy atom. The molecule has 5 rings (SSSR count). The summed E-state index contributed by atoms with van der Waals surface area (Å²) in [5.41, 5.74) is 0.494. The molecule has 0 radical (unpaired) electrons. The molecule has 0 saturated heterocycles. The quantitative estimate of drug-likeness (QED) is 0.365. The van der Waals surface area contributed by atoms with Gasteiger partial charge in [-0.1, -0.05) is 24.3 Å². The molecule has 3 aromatic heterocycles. The van der Waals surface area contributed by atoms with E-state index >= 15 is 0 Å². The van der Waals surface area contributed by atoms with E-state index in [0.717, 1.165) is 12.1 Å². The molecule has 0 fully saturated rings. The molecule has 0 spiro atoms. The average Bonchev–Trinajstić information content (AvgIpc) is 3.33.